The summed E-state index contributed by atoms with van der Waals surface area (Å²) in [6.45, 7) is 6.42. The maximum Gasteiger partial charge on any atom is 0.137 e. The largest absolute Gasteiger partial charge is 0.391 e. The second-order valence-corrected chi connectivity index (χ2v) is 4.12. The Morgan fingerprint density at radius 1 is 1.18 bits per heavy atom. The van der Waals surface area contributed by atoms with E-state index in [4.69, 9.17) is 5.11 Å². The average molecular weight is 233 g/mol. The van der Waals surface area contributed by atoms with Crippen molar-refractivity contribution in [3.05, 3.63) is 48.0 Å². The van der Waals surface area contributed by atoms with Crippen molar-refractivity contribution in [1.29, 1.82) is 0 Å². The molecule has 0 fully saturated rings. The van der Waals surface area contributed by atoms with Gasteiger partial charge in [-0.3, -0.25) is 4.68 Å². The number of benzene rings is 1. The maximum absolute atomic E-state index is 8.84. The van der Waals surface area contributed by atoms with Gasteiger partial charge in [0, 0.05) is 0 Å². The van der Waals surface area contributed by atoms with E-state index < -0.39 is 0 Å². The first-order chi connectivity index (χ1) is 8.08. The Hall–Kier alpha value is -1.68. The van der Waals surface area contributed by atoms with Gasteiger partial charge in [-0.05, 0) is 20.8 Å². The summed E-state index contributed by atoms with van der Waals surface area (Å²) in [5.41, 5.74) is 2.66. The summed E-state index contributed by atoms with van der Waals surface area (Å²) in [6, 6.07) is 8.48. The van der Waals surface area contributed by atoms with Crippen LogP contribution in [0.1, 0.15) is 18.1 Å². The van der Waals surface area contributed by atoms with Gasteiger partial charge in [0.05, 0.1) is 12.6 Å². The maximum atomic E-state index is 8.84. The molecular weight excluding hydrogens is 214 g/mol. The van der Waals surface area contributed by atoms with Gasteiger partial charge in [0.2, 0.25) is 0 Å². The first-order valence-electron chi connectivity index (χ1n) is 5.61. The van der Waals surface area contributed by atoms with Crippen LogP contribution in [0.5, 0.6) is 0 Å². The highest BCUT2D eigenvalue weighted by atomic mass is 16.3. The van der Waals surface area contributed by atoms with Crippen LogP contribution in [0.2, 0.25) is 0 Å². The van der Waals surface area contributed by atoms with Gasteiger partial charge in [-0.2, -0.15) is 5.10 Å². The predicted octanol–water partition coefficient (Wildman–Crippen LogP) is 1.96. The van der Waals surface area contributed by atoms with Gasteiger partial charge in [-0.1, -0.05) is 35.4 Å². The highest BCUT2D eigenvalue weighted by Crippen LogP contribution is 1.99. The van der Waals surface area contributed by atoms with Gasteiger partial charge in [0.25, 0.3) is 0 Å². The lowest BCUT2D eigenvalue weighted by atomic mass is 10.2. The molecule has 17 heavy (non-hydrogen) atoms. The molecule has 2 aromatic rings. The molecule has 1 atom stereocenters. The Bertz CT molecular complexity index is 386. The topological polar surface area (TPSA) is 50.9 Å². The van der Waals surface area contributed by atoms with Crippen molar-refractivity contribution in [3.8, 4) is 0 Å². The fraction of sp³-hybridized carbons (Fsp3) is 0.385. The van der Waals surface area contributed by atoms with Crippen LogP contribution in [-0.2, 0) is 6.54 Å². The van der Waals surface area contributed by atoms with Crippen LogP contribution in [0.15, 0.2) is 36.9 Å². The third-order valence-electron chi connectivity index (χ3n) is 2.14. The van der Waals surface area contributed by atoms with E-state index in [0.717, 1.165) is 0 Å². The van der Waals surface area contributed by atoms with Crippen LogP contribution in [0.4, 0.5) is 0 Å². The standard InChI is InChI=1S/C8H10.C5H9N3O/c1-7-3-5-8(2)6-4-7;1-5(9)2-8-4-6-3-7-8/h3-6H,1-2H3;3-5,9H,2H2,1H3. The Morgan fingerprint density at radius 2 is 1.71 bits per heavy atom. The molecule has 1 N–H and O–H groups in total. The van der Waals surface area contributed by atoms with Crippen molar-refractivity contribution >= 4 is 0 Å². The zero-order chi connectivity index (χ0) is 12.7. The molecule has 0 aliphatic rings. The van der Waals surface area contributed by atoms with Crippen LogP contribution >= 0.6 is 0 Å². The third kappa shape index (κ3) is 5.82. The number of hydrogen-bond acceptors (Lipinski definition) is 3. The third-order valence-corrected chi connectivity index (χ3v) is 2.14. The Morgan fingerprint density at radius 3 is 2.06 bits per heavy atom. The zero-order valence-corrected chi connectivity index (χ0v) is 10.5. The molecule has 0 saturated carbocycles. The molecular formula is C13H19N3O. The fourth-order valence-corrected chi connectivity index (χ4v) is 1.23. The fourth-order valence-electron chi connectivity index (χ4n) is 1.23. The molecule has 0 spiro atoms. The van der Waals surface area contributed by atoms with E-state index in [1.54, 1.807) is 17.9 Å². The van der Waals surface area contributed by atoms with Gasteiger partial charge in [0.15, 0.2) is 0 Å². The number of hydrogen-bond donors (Lipinski definition) is 1. The Balaban J connectivity index is 0.000000171. The molecule has 4 heteroatoms. The van der Waals surface area contributed by atoms with E-state index in [9.17, 15) is 0 Å². The van der Waals surface area contributed by atoms with Crippen molar-refractivity contribution in [3.63, 3.8) is 0 Å². The van der Waals surface area contributed by atoms with Crippen molar-refractivity contribution in [2.75, 3.05) is 0 Å². The second-order valence-electron chi connectivity index (χ2n) is 4.12. The number of rotatable bonds is 2. The first kappa shape index (κ1) is 13.4. The molecule has 92 valence electrons. The van der Waals surface area contributed by atoms with Crippen LogP contribution in [-0.4, -0.2) is 26.0 Å². The Kier molecular flexibility index (Phi) is 5.36. The van der Waals surface area contributed by atoms with Gasteiger partial charge in [-0.15, -0.1) is 0 Å². The summed E-state index contributed by atoms with van der Waals surface area (Å²) >= 11 is 0. The number of nitrogens with zero attached hydrogens (tertiary/aromatic N) is 3. The first-order valence-corrected chi connectivity index (χ1v) is 5.61. The van der Waals surface area contributed by atoms with E-state index in [2.05, 4.69) is 48.2 Å². The summed E-state index contributed by atoms with van der Waals surface area (Å²) in [4.78, 5) is 3.72. The molecule has 2 rings (SSSR count). The lowest BCUT2D eigenvalue weighted by molar-refractivity contribution is 0.168. The smallest absolute Gasteiger partial charge is 0.137 e. The molecule has 0 saturated heterocycles. The van der Waals surface area contributed by atoms with E-state index in [1.165, 1.54) is 17.5 Å². The normalized spacial score (nSPS) is 11.5. The minimum absolute atomic E-state index is 0.355. The molecule has 0 radical (unpaired) electrons. The van der Waals surface area contributed by atoms with Gasteiger partial charge >= 0.3 is 0 Å². The quantitative estimate of drug-likeness (QED) is 0.862. The van der Waals surface area contributed by atoms with Crippen LogP contribution in [0.25, 0.3) is 0 Å². The summed E-state index contributed by atoms with van der Waals surface area (Å²) < 4.78 is 1.59. The van der Waals surface area contributed by atoms with Crippen molar-refractivity contribution < 1.29 is 5.11 Å². The number of aliphatic hydroxyl groups is 1. The average Bonchev–Trinajstić information content (AvgIpc) is 2.75. The summed E-state index contributed by atoms with van der Waals surface area (Å²) in [5.74, 6) is 0. The molecule has 0 aliphatic carbocycles. The number of aryl methyl sites for hydroxylation is 2. The van der Waals surface area contributed by atoms with Crippen molar-refractivity contribution in [1.82, 2.24) is 14.8 Å². The molecule has 0 bridgehead atoms. The monoisotopic (exact) mass is 233 g/mol. The lowest BCUT2D eigenvalue weighted by Crippen LogP contribution is -2.11. The summed E-state index contributed by atoms with van der Waals surface area (Å²) in [7, 11) is 0. The van der Waals surface area contributed by atoms with Crippen LogP contribution in [0.3, 0.4) is 0 Å². The molecule has 0 aliphatic heterocycles. The minimum Gasteiger partial charge on any atom is -0.391 e. The molecule has 1 heterocycles. The molecule has 0 amide bonds. The van der Waals surface area contributed by atoms with Crippen LogP contribution in [0, 0.1) is 13.8 Å². The van der Waals surface area contributed by atoms with Crippen molar-refractivity contribution in [2.45, 2.75) is 33.4 Å². The van der Waals surface area contributed by atoms with Gasteiger partial charge in [-0.25, -0.2) is 4.98 Å². The lowest BCUT2D eigenvalue weighted by Gasteiger charge is -2.00. The summed E-state index contributed by atoms with van der Waals surface area (Å²) in [6.07, 6.45) is 2.67. The molecule has 1 aromatic carbocycles. The van der Waals surface area contributed by atoms with Gasteiger partial charge < -0.3 is 5.11 Å². The highest BCUT2D eigenvalue weighted by molar-refractivity contribution is 5.19. The second kappa shape index (κ2) is 6.81. The zero-order valence-electron chi connectivity index (χ0n) is 10.5. The summed E-state index contributed by atoms with van der Waals surface area (Å²) in [5, 5.41) is 12.6. The number of aliphatic hydroxyl groups excluding tert-OH is 1. The van der Waals surface area contributed by atoms with E-state index >= 15 is 0 Å². The van der Waals surface area contributed by atoms with Crippen LogP contribution < -0.4 is 0 Å². The minimum atomic E-state index is -0.355. The molecule has 1 unspecified atom stereocenters. The van der Waals surface area contributed by atoms with Gasteiger partial charge in [0.1, 0.15) is 12.7 Å². The molecule has 4 nitrogen and oxygen atoms in total. The molecule has 1 aromatic heterocycles. The Labute approximate surface area is 102 Å². The van der Waals surface area contributed by atoms with E-state index in [1.807, 2.05) is 0 Å². The van der Waals surface area contributed by atoms with E-state index in [-0.39, 0.29) is 6.10 Å². The van der Waals surface area contributed by atoms with E-state index in [0.29, 0.717) is 6.54 Å². The predicted molar refractivity (Wildman–Crippen MR) is 67.6 cm³/mol. The number of aromatic nitrogens is 3. The SMILES string of the molecule is CC(O)Cn1cncn1.Cc1ccc(C)cc1. The van der Waals surface area contributed by atoms with Crippen molar-refractivity contribution in [2.24, 2.45) is 0 Å². The highest BCUT2D eigenvalue weighted by Gasteiger charge is 1.95.